The summed E-state index contributed by atoms with van der Waals surface area (Å²) in [5.74, 6) is 0. The predicted octanol–water partition coefficient (Wildman–Crippen LogP) is 3.42. The zero-order chi connectivity index (χ0) is 24.5. The highest BCUT2D eigenvalue weighted by atomic mass is 16.5. The number of carbonyl (C=O) groups excluding carboxylic acids is 2. The number of aryl methyl sites for hydroxylation is 4. The number of amides is 2. The monoisotopic (exact) mass is 468 g/mol. The molecule has 0 fully saturated rings. The van der Waals surface area contributed by atoms with E-state index >= 15 is 0 Å². The summed E-state index contributed by atoms with van der Waals surface area (Å²) in [7, 11) is 0. The molecular weight excluding hydrogens is 432 g/mol. The van der Waals surface area contributed by atoms with E-state index in [9.17, 15) is 9.59 Å². The smallest absolute Gasteiger partial charge is 0.214 e. The van der Waals surface area contributed by atoms with E-state index in [1.54, 1.807) is 9.80 Å². The molecule has 2 aromatic rings. The summed E-state index contributed by atoms with van der Waals surface area (Å²) >= 11 is 0. The standard InChI is InChI=1S/C26H36N4O4/c1-19-13-23-25(15-21(19)3)29(17-31)7-11-34-12-8-30(18-32)26-16-22(4)20(2)14-24(26)28-6-10-33-9-5-27-23/h13-18,27-28H,5-12H2,1-4H3. The van der Waals surface area contributed by atoms with Crippen LogP contribution in [-0.4, -0.2) is 65.4 Å². The average molecular weight is 469 g/mol. The van der Waals surface area contributed by atoms with Crippen molar-refractivity contribution in [1.29, 1.82) is 0 Å². The van der Waals surface area contributed by atoms with E-state index in [0.717, 1.165) is 57.8 Å². The van der Waals surface area contributed by atoms with Crippen LogP contribution < -0.4 is 20.4 Å². The molecule has 1 heterocycles. The maximum absolute atomic E-state index is 11.9. The molecule has 184 valence electrons. The summed E-state index contributed by atoms with van der Waals surface area (Å²) in [6, 6.07) is 8.16. The third-order valence-electron chi connectivity index (χ3n) is 6.17. The van der Waals surface area contributed by atoms with E-state index in [4.69, 9.17) is 9.47 Å². The van der Waals surface area contributed by atoms with Crippen molar-refractivity contribution in [1.82, 2.24) is 0 Å². The highest BCUT2D eigenvalue weighted by Crippen LogP contribution is 2.30. The molecule has 2 amide bonds. The largest absolute Gasteiger partial charge is 0.381 e. The van der Waals surface area contributed by atoms with E-state index in [0.29, 0.717) is 52.6 Å². The van der Waals surface area contributed by atoms with Crippen molar-refractivity contribution < 1.29 is 19.1 Å². The van der Waals surface area contributed by atoms with E-state index in [1.165, 1.54) is 0 Å². The summed E-state index contributed by atoms with van der Waals surface area (Å²) in [5.41, 5.74) is 7.96. The van der Waals surface area contributed by atoms with Gasteiger partial charge in [-0.15, -0.1) is 0 Å². The Morgan fingerprint density at radius 3 is 1.44 bits per heavy atom. The third kappa shape index (κ3) is 6.48. The molecule has 34 heavy (non-hydrogen) atoms. The number of fused-ring (bicyclic) bond motifs is 2. The van der Waals surface area contributed by atoms with Gasteiger partial charge in [-0.2, -0.15) is 0 Å². The maximum Gasteiger partial charge on any atom is 0.214 e. The second kappa shape index (κ2) is 12.4. The van der Waals surface area contributed by atoms with Crippen molar-refractivity contribution >= 4 is 35.6 Å². The quantitative estimate of drug-likeness (QED) is 0.658. The maximum atomic E-state index is 11.9. The van der Waals surface area contributed by atoms with Gasteiger partial charge in [-0.25, -0.2) is 0 Å². The Hall–Kier alpha value is -3.10. The van der Waals surface area contributed by atoms with Gasteiger partial charge >= 0.3 is 0 Å². The van der Waals surface area contributed by atoms with E-state index in [2.05, 4.69) is 36.6 Å². The molecule has 1 aliphatic heterocycles. The molecule has 0 saturated heterocycles. The van der Waals surface area contributed by atoms with Crippen molar-refractivity contribution in [3.05, 3.63) is 46.5 Å². The molecular formula is C26H36N4O4. The Kier molecular flexibility index (Phi) is 9.30. The molecule has 0 aromatic heterocycles. The lowest BCUT2D eigenvalue weighted by Crippen LogP contribution is -2.30. The van der Waals surface area contributed by atoms with Crippen LogP contribution in [-0.2, 0) is 19.1 Å². The van der Waals surface area contributed by atoms with E-state index in [1.807, 2.05) is 26.0 Å². The number of nitrogens with one attached hydrogen (secondary N) is 2. The molecule has 0 spiro atoms. The SMILES string of the molecule is Cc1cc2c(cc1C)N(C=O)CCOCCN(C=O)c1cc(C)c(C)cc1NCCOCCN2. The van der Waals surface area contributed by atoms with Gasteiger partial charge in [-0.05, 0) is 74.2 Å². The Bertz CT molecular complexity index is 918. The Labute approximate surface area is 202 Å². The number of ether oxygens (including phenoxy) is 2. The van der Waals surface area contributed by atoms with Crippen molar-refractivity contribution in [2.75, 3.05) is 73.0 Å². The minimum absolute atomic E-state index is 0.360. The Morgan fingerprint density at radius 1 is 0.647 bits per heavy atom. The summed E-state index contributed by atoms with van der Waals surface area (Å²) < 4.78 is 11.6. The summed E-state index contributed by atoms with van der Waals surface area (Å²) in [4.78, 5) is 27.1. The van der Waals surface area contributed by atoms with Crippen LogP contribution in [0.1, 0.15) is 22.3 Å². The lowest BCUT2D eigenvalue weighted by molar-refractivity contribution is -0.108. The van der Waals surface area contributed by atoms with Gasteiger partial charge in [0.25, 0.3) is 0 Å². The highest BCUT2D eigenvalue weighted by molar-refractivity contribution is 5.85. The first kappa shape index (κ1) is 25.5. The normalized spacial score (nSPS) is 16.2. The molecule has 2 aromatic carbocycles. The number of benzene rings is 2. The Morgan fingerprint density at radius 2 is 1.03 bits per heavy atom. The topological polar surface area (TPSA) is 83.1 Å². The van der Waals surface area contributed by atoms with Crippen LogP contribution in [0.25, 0.3) is 0 Å². The fourth-order valence-corrected chi connectivity index (χ4v) is 3.87. The molecule has 0 saturated carbocycles. The minimum Gasteiger partial charge on any atom is -0.381 e. The van der Waals surface area contributed by atoms with Crippen molar-refractivity contribution in [2.24, 2.45) is 0 Å². The number of carbonyl (C=O) groups is 2. The average Bonchev–Trinajstić information content (AvgIpc) is 2.82. The summed E-state index contributed by atoms with van der Waals surface area (Å²) in [5, 5.41) is 6.82. The molecule has 2 N–H and O–H groups in total. The van der Waals surface area contributed by atoms with Gasteiger partial charge in [0.1, 0.15) is 0 Å². The lowest BCUT2D eigenvalue weighted by Gasteiger charge is -2.25. The van der Waals surface area contributed by atoms with Gasteiger partial charge in [0.05, 0.1) is 49.2 Å². The zero-order valence-electron chi connectivity index (χ0n) is 20.6. The van der Waals surface area contributed by atoms with Gasteiger partial charge in [0.2, 0.25) is 12.8 Å². The molecule has 0 bridgehead atoms. The molecule has 0 unspecified atom stereocenters. The van der Waals surface area contributed by atoms with Crippen molar-refractivity contribution in [3.63, 3.8) is 0 Å². The van der Waals surface area contributed by atoms with Gasteiger partial charge in [0.15, 0.2) is 0 Å². The van der Waals surface area contributed by atoms with Crippen LogP contribution in [0.3, 0.4) is 0 Å². The van der Waals surface area contributed by atoms with Gasteiger partial charge in [0, 0.05) is 26.2 Å². The number of hydrogen-bond acceptors (Lipinski definition) is 6. The molecule has 3 rings (SSSR count). The molecule has 0 aliphatic carbocycles. The van der Waals surface area contributed by atoms with E-state index in [-0.39, 0.29) is 0 Å². The van der Waals surface area contributed by atoms with Gasteiger partial charge < -0.3 is 29.9 Å². The van der Waals surface area contributed by atoms with E-state index < -0.39 is 0 Å². The third-order valence-corrected chi connectivity index (χ3v) is 6.17. The summed E-state index contributed by atoms with van der Waals surface area (Å²) in [6.07, 6.45) is 1.66. The van der Waals surface area contributed by atoms with Gasteiger partial charge in [-0.1, -0.05) is 0 Å². The van der Waals surface area contributed by atoms with Crippen LogP contribution in [0, 0.1) is 27.7 Å². The molecule has 8 heteroatoms. The van der Waals surface area contributed by atoms with Gasteiger partial charge in [-0.3, -0.25) is 9.59 Å². The number of rotatable bonds is 2. The van der Waals surface area contributed by atoms with Crippen LogP contribution in [0.15, 0.2) is 24.3 Å². The molecule has 1 aliphatic rings. The minimum atomic E-state index is 0.360. The second-order valence-electron chi connectivity index (χ2n) is 8.58. The van der Waals surface area contributed by atoms with Crippen LogP contribution >= 0.6 is 0 Å². The number of hydrogen-bond donors (Lipinski definition) is 2. The van der Waals surface area contributed by atoms with Crippen LogP contribution in [0.5, 0.6) is 0 Å². The fraction of sp³-hybridized carbons (Fsp3) is 0.462. The molecule has 0 atom stereocenters. The first-order valence-corrected chi connectivity index (χ1v) is 11.7. The predicted molar refractivity (Wildman–Crippen MR) is 137 cm³/mol. The van der Waals surface area contributed by atoms with Crippen molar-refractivity contribution in [3.8, 4) is 0 Å². The van der Waals surface area contributed by atoms with Crippen molar-refractivity contribution in [2.45, 2.75) is 27.7 Å². The number of nitrogens with zero attached hydrogens (tertiary/aromatic N) is 2. The molecule has 8 nitrogen and oxygen atoms in total. The highest BCUT2D eigenvalue weighted by Gasteiger charge is 2.15. The first-order valence-electron chi connectivity index (χ1n) is 11.7. The van der Waals surface area contributed by atoms with Crippen LogP contribution in [0.4, 0.5) is 22.7 Å². The molecule has 0 radical (unpaired) electrons. The lowest BCUT2D eigenvalue weighted by atomic mass is 10.1. The first-order chi connectivity index (χ1) is 16.4. The Balaban J connectivity index is 1.79. The summed E-state index contributed by atoms with van der Waals surface area (Å²) in [6.45, 7) is 12.0. The number of anilines is 4. The zero-order valence-corrected chi connectivity index (χ0v) is 20.6. The van der Waals surface area contributed by atoms with Crippen LogP contribution in [0.2, 0.25) is 0 Å². The second-order valence-corrected chi connectivity index (χ2v) is 8.58. The fourth-order valence-electron chi connectivity index (χ4n) is 3.87.